The molecule has 0 radical (unpaired) electrons. The van der Waals surface area contributed by atoms with Crippen LogP contribution in [0.1, 0.15) is 53.8 Å². The van der Waals surface area contributed by atoms with Gasteiger partial charge in [-0.1, -0.05) is 74.0 Å². The van der Waals surface area contributed by atoms with Gasteiger partial charge in [-0.15, -0.1) is 0 Å². The molecule has 0 saturated carbocycles. The lowest BCUT2D eigenvalue weighted by Crippen LogP contribution is -2.44. The second kappa shape index (κ2) is 7.59. The van der Waals surface area contributed by atoms with Crippen LogP contribution in [0.5, 0.6) is 0 Å². The zero-order valence-corrected chi connectivity index (χ0v) is 19.6. The molecule has 170 valence electrons. The Kier molecular flexibility index (Phi) is 4.63. The van der Waals surface area contributed by atoms with E-state index in [1.165, 1.54) is 10.5 Å². The molecule has 5 nitrogen and oxygen atoms in total. The lowest BCUT2D eigenvalue weighted by Gasteiger charge is -2.36. The number of nitrogens with zero attached hydrogens (tertiary/aromatic N) is 2. The molecule has 0 spiro atoms. The zero-order valence-electron chi connectivity index (χ0n) is 19.6. The molecule has 2 atom stereocenters. The summed E-state index contributed by atoms with van der Waals surface area (Å²) in [4.78, 5) is 34.3. The minimum Gasteiger partial charge on any atom is -0.356 e. The van der Waals surface area contributed by atoms with Gasteiger partial charge in [0, 0.05) is 23.0 Å². The van der Waals surface area contributed by atoms with Crippen molar-refractivity contribution in [3.8, 4) is 0 Å². The number of aryl methyl sites for hydroxylation is 1. The molecule has 2 aliphatic heterocycles. The van der Waals surface area contributed by atoms with Crippen molar-refractivity contribution in [2.24, 2.45) is 0 Å². The first-order chi connectivity index (χ1) is 16.4. The average Bonchev–Trinajstić information content (AvgIpc) is 3.32. The number of fused-ring (bicyclic) bond motifs is 4. The Bertz CT molecular complexity index is 1430. The fourth-order valence-corrected chi connectivity index (χ4v) is 5.51. The normalized spacial score (nSPS) is 19.8. The predicted molar refractivity (Wildman–Crippen MR) is 134 cm³/mol. The molecule has 1 N–H and O–H groups in total. The molecule has 1 saturated heterocycles. The molecule has 5 heteroatoms. The van der Waals surface area contributed by atoms with E-state index in [-0.39, 0.29) is 18.0 Å². The number of carbonyl (C=O) groups excluding carboxylic acids is 2. The second-order valence-electron chi connectivity index (χ2n) is 9.71. The van der Waals surface area contributed by atoms with Gasteiger partial charge in [0.2, 0.25) is 0 Å². The van der Waals surface area contributed by atoms with Crippen LogP contribution in [0.2, 0.25) is 0 Å². The summed E-state index contributed by atoms with van der Waals surface area (Å²) >= 11 is 0. The molecule has 3 aromatic carbocycles. The third kappa shape index (κ3) is 3.00. The van der Waals surface area contributed by atoms with Crippen LogP contribution in [0.4, 0.5) is 10.5 Å². The minimum absolute atomic E-state index is 0.157. The van der Waals surface area contributed by atoms with Crippen LogP contribution in [-0.4, -0.2) is 27.9 Å². The maximum Gasteiger partial charge on any atom is 0.332 e. The van der Waals surface area contributed by atoms with Gasteiger partial charge in [0.25, 0.3) is 5.91 Å². The Morgan fingerprint density at radius 1 is 0.941 bits per heavy atom. The smallest absolute Gasteiger partial charge is 0.332 e. The molecule has 1 fully saturated rings. The molecule has 3 heterocycles. The fraction of sp³-hybridized carbons (Fsp3) is 0.241. The molecule has 1 aromatic heterocycles. The average molecular weight is 450 g/mol. The highest BCUT2D eigenvalue weighted by atomic mass is 16.2. The number of carbonyl (C=O) groups is 2. The summed E-state index contributed by atoms with van der Waals surface area (Å²) in [6.07, 6.45) is 0.507. The number of para-hydroxylation sites is 1. The van der Waals surface area contributed by atoms with E-state index in [1.807, 2.05) is 48.5 Å². The largest absolute Gasteiger partial charge is 0.356 e. The number of aromatic nitrogens is 1. The van der Waals surface area contributed by atoms with Crippen molar-refractivity contribution in [2.45, 2.75) is 45.2 Å². The fourth-order valence-electron chi connectivity index (χ4n) is 5.51. The lowest BCUT2D eigenvalue weighted by molar-refractivity contribution is -0.120. The van der Waals surface area contributed by atoms with Gasteiger partial charge in [-0.2, -0.15) is 0 Å². The van der Waals surface area contributed by atoms with E-state index in [0.717, 1.165) is 33.3 Å². The Labute approximate surface area is 199 Å². The van der Waals surface area contributed by atoms with Crippen molar-refractivity contribution < 1.29 is 9.59 Å². The molecule has 4 aromatic rings. The van der Waals surface area contributed by atoms with Gasteiger partial charge in [0.15, 0.2) is 0 Å². The number of imide groups is 1. The molecule has 34 heavy (non-hydrogen) atoms. The highest BCUT2D eigenvalue weighted by Crippen LogP contribution is 2.45. The SMILES string of the molecule is Cc1cccc(C2c3[nH]c4ccccc4c3C[C@H]3C(=O)N(c4ccc(C(C)C)cc4)C(=O)N23)c1. The number of benzene rings is 3. The van der Waals surface area contributed by atoms with E-state index in [9.17, 15) is 9.59 Å². The van der Waals surface area contributed by atoms with Crippen LogP contribution in [0.25, 0.3) is 10.9 Å². The number of amides is 3. The van der Waals surface area contributed by atoms with Crippen molar-refractivity contribution in [3.05, 3.63) is 101 Å². The van der Waals surface area contributed by atoms with Crippen LogP contribution in [0.3, 0.4) is 0 Å². The summed E-state index contributed by atoms with van der Waals surface area (Å²) in [6.45, 7) is 6.31. The topological polar surface area (TPSA) is 56.4 Å². The number of urea groups is 1. The van der Waals surface area contributed by atoms with E-state index < -0.39 is 6.04 Å². The Hall–Kier alpha value is -3.86. The number of hydrogen-bond donors (Lipinski definition) is 1. The first kappa shape index (κ1) is 20.7. The number of anilines is 1. The standard InChI is InChI=1S/C29H27N3O2/c1-17(2)19-11-13-21(14-12-19)31-28(33)25-16-23-22-9-4-5-10-24(22)30-26(23)27(32(25)29(31)34)20-8-6-7-18(3)15-20/h4-15,17,25,27,30H,16H2,1-3H3/t25-,27?/m0/s1. The number of nitrogens with one attached hydrogen (secondary N) is 1. The maximum absolute atomic E-state index is 13.9. The van der Waals surface area contributed by atoms with Crippen molar-refractivity contribution in [1.82, 2.24) is 9.88 Å². The summed E-state index contributed by atoms with van der Waals surface area (Å²) < 4.78 is 0. The summed E-state index contributed by atoms with van der Waals surface area (Å²) in [6, 6.07) is 23.0. The molecule has 0 bridgehead atoms. The van der Waals surface area contributed by atoms with Gasteiger partial charge in [-0.3, -0.25) is 9.69 Å². The van der Waals surface area contributed by atoms with Crippen LogP contribution >= 0.6 is 0 Å². The Morgan fingerprint density at radius 2 is 1.71 bits per heavy atom. The van der Waals surface area contributed by atoms with Crippen molar-refractivity contribution in [1.29, 1.82) is 0 Å². The van der Waals surface area contributed by atoms with Crippen molar-refractivity contribution in [2.75, 3.05) is 4.90 Å². The Balaban J connectivity index is 1.50. The van der Waals surface area contributed by atoms with Gasteiger partial charge in [0.1, 0.15) is 12.1 Å². The van der Waals surface area contributed by atoms with Crippen molar-refractivity contribution in [3.63, 3.8) is 0 Å². The molecular formula is C29H27N3O2. The molecule has 2 aliphatic rings. The number of rotatable bonds is 3. The van der Waals surface area contributed by atoms with Gasteiger partial charge in [-0.05, 0) is 47.7 Å². The summed E-state index contributed by atoms with van der Waals surface area (Å²) in [5, 5.41) is 1.12. The number of aromatic amines is 1. The van der Waals surface area contributed by atoms with E-state index >= 15 is 0 Å². The molecule has 6 rings (SSSR count). The number of hydrogen-bond acceptors (Lipinski definition) is 2. The minimum atomic E-state index is -0.533. The van der Waals surface area contributed by atoms with Crippen LogP contribution in [0, 0.1) is 6.92 Å². The third-order valence-electron chi connectivity index (χ3n) is 7.22. The van der Waals surface area contributed by atoms with Crippen LogP contribution < -0.4 is 4.90 Å². The summed E-state index contributed by atoms with van der Waals surface area (Å²) in [7, 11) is 0. The lowest BCUT2D eigenvalue weighted by atomic mass is 9.88. The van der Waals surface area contributed by atoms with E-state index in [0.29, 0.717) is 18.0 Å². The predicted octanol–water partition coefficient (Wildman–Crippen LogP) is 6.08. The summed E-state index contributed by atoms with van der Waals surface area (Å²) in [5.41, 5.74) is 7.10. The third-order valence-corrected chi connectivity index (χ3v) is 7.22. The first-order valence-corrected chi connectivity index (χ1v) is 11.9. The molecular weight excluding hydrogens is 422 g/mol. The van der Waals surface area contributed by atoms with E-state index in [1.54, 1.807) is 4.90 Å². The maximum atomic E-state index is 13.9. The monoisotopic (exact) mass is 449 g/mol. The zero-order chi connectivity index (χ0) is 23.6. The van der Waals surface area contributed by atoms with Crippen molar-refractivity contribution >= 4 is 28.5 Å². The molecule has 1 unspecified atom stereocenters. The van der Waals surface area contributed by atoms with Gasteiger partial charge < -0.3 is 4.98 Å². The second-order valence-corrected chi connectivity index (χ2v) is 9.71. The summed E-state index contributed by atoms with van der Waals surface area (Å²) in [5.74, 6) is 0.227. The van der Waals surface area contributed by atoms with E-state index in [4.69, 9.17) is 0 Å². The van der Waals surface area contributed by atoms with Gasteiger partial charge >= 0.3 is 6.03 Å². The molecule has 3 amide bonds. The van der Waals surface area contributed by atoms with Crippen LogP contribution in [-0.2, 0) is 11.2 Å². The highest BCUT2D eigenvalue weighted by Gasteiger charge is 2.53. The first-order valence-electron chi connectivity index (χ1n) is 11.9. The molecule has 0 aliphatic carbocycles. The van der Waals surface area contributed by atoms with Gasteiger partial charge in [0.05, 0.1) is 5.69 Å². The van der Waals surface area contributed by atoms with Crippen LogP contribution in [0.15, 0.2) is 72.8 Å². The van der Waals surface area contributed by atoms with Gasteiger partial charge in [-0.25, -0.2) is 9.69 Å². The van der Waals surface area contributed by atoms with E-state index in [2.05, 4.69) is 50.0 Å². The quantitative estimate of drug-likeness (QED) is 0.385. The highest BCUT2D eigenvalue weighted by molar-refractivity contribution is 6.22. The number of H-pyrrole nitrogens is 1. The Morgan fingerprint density at radius 3 is 2.44 bits per heavy atom.